The van der Waals surface area contributed by atoms with Gasteiger partial charge in [0.15, 0.2) is 0 Å². The predicted molar refractivity (Wildman–Crippen MR) is 83.0 cm³/mol. The Morgan fingerprint density at radius 1 is 1.00 bits per heavy atom. The average molecular weight is 301 g/mol. The van der Waals surface area contributed by atoms with Gasteiger partial charge in [0.05, 0.1) is 4.90 Å². The molecule has 1 aromatic carbocycles. The SMILES string of the molecule is CCCCS(CCCC)=NS(=O)(=O)c1ccccc1. The van der Waals surface area contributed by atoms with Gasteiger partial charge in [0.1, 0.15) is 0 Å². The zero-order valence-corrected chi connectivity index (χ0v) is 13.3. The molecule has 0 aliphatic heterocycles. The third-order valence-electron chi connectivity index (χ3n) is 2.71. The summed E-state index contributed by atoms with van der Waals surface area (Å²) in [5.41, 5.74) is 0. The first kappa shape index (κ1) is 16.4. The molecule has 19 heavy (non-hydrogen) atoms. The minimum atomic E-state index is -3.48. The maximum Gasteiger partial charge on any atom is 0.287 e. The minimum Gasteiger partial charge on any atom is -0.199 e. The Kier molecular flexibility index (Phi) is 7.31. The van der Waals surface area contributed by atoms with Crippen LogP contribution >= 0.6 is 0 Å². The first-order valence-corrected chi connectivity index (χ1v) is 9.76. The van der Waals surface area contributed by atoms with Crippen molar-refractivity contribution in [3.63, 3.8) is 0 Å². The van der Waals surface area contributed by atoms with Gasteiger partial charge in [-0.2, -0.15) is 8.42 Å². The largest absolute Gasteiger partial charge is 0.287 e. The number of nitrogens with zero attached hydrogens (tertiary/aromatic N) is 1. The van der Waals surface area contributed by atoms with Crippen LogP contribution in [0, 0.1) is 0 Å². The molecule has 0 heterocycles. The molecule has 0 atom stereocenters. The maximum atomic E-state index is 12.2. The summed E-state index contributed by atoms with van der Waals surface area (Å²) in [6.45, 7) is 4.24. The van der Waals surface area contributed by atoms with E-state index in [2.05, 4.69) is 17.6 Å². The fraction of sp³-hybridized carbons (Fsp3) is 0.571. The highest BCUT2D eigenvalue weighted by Gasteiger charge is 2.13. The number of benzene rings is 1. The fourth-order valence-electron chi connectivity index (χ4n) is 1.57. The van der Waals surface area contributed by atoms with E-state index in [0.717, 1.165) is 37.2 Å². The van der Waals surface area contributed by atoms with Crippen LogP contribution in [0.1, 0.15) is 39.5 Å². The second-order valence-corrected chi connectivity index (χ2v) is 8.20. The summed E-state index contributed by atoms with van der Waals surface area (Å²) < 4.78 is 28.6. The van der Waals surface area contributed by atoms with Gasteiger partial charge in [0, 0.05) is 11.5 Å². The molecule has 0 bridgehead atoms. The molecule has 0 aliphatic rings. The first-order chi connectivity index (χ1) is 9.10. The molecule has 0 aliphatic carbocycles. The highest BCUT2D eigenvalue weighted by atomic mass is 32.3. The number of hydrogen-bond acceptors (Lipinski definition) is 2. The van der Waals surface area contributed by atoms with E-state index < -0.39 is 10.0 Å². The van der Waals surface area contributed by atoms with Crippen LogP contribution in [0.15, 0.2) is 39.0 Å². The lowest BCUT2D eigenvalue weighted by molar-refractivity contribution is 0.598. The van der Waals surface area contributed by atoms with E-state index in [4.69, 9.17) is 0 Å². The van der Waals surface area contributed by atoms with E-state index in [9.17, 15) is 8.42 Å². The monoisotopic (exact) mass is 301 g/mol. The molecule has 3 nitrogen and oxygen atoms in total. The van der Waals surface area contributed by atoms with Crippen LogP contribution in [0.3, 0.4) is 0 Å². The Morgan fingerprint density at radius 3 is 2.00 bits per heavy atom. The lowest BCUT2D eigenvalue weighted by Gasteiger charge is -2.07. The molecule has 0 aromatic heterocycles. The molecule has 1 rings (SSSR count). The number of hydrogen-bond donors (Lipinski definition) is 0. The van der Waals surface area contributed by atoms with Gasteiger partial charge in [0.25, 0.3) is 10.0 Å². The summed E-state index contributed by atoms with van der Waals surface area (Å²) >= 11 is 0. The third-order valence-corrected chi connectivity index (χ3v) is 6.73. The van der Waals surface area contributed by atoms with Crippen LogP contribution in [-0.2, 0) is 20.7 Å². The van der Waals surface area contributed by atoms with Crippen molar-refractivity contribution in [2.45, 2.75) is 44.4 Å². The predicted octanol–water partition coefficient (Wildman–Crippen LogP) is 3.78. The van der Waals surface area contributed by atoms with Crippen LogP contribution in [0.4, 0.5) is 0 Å². The summed E-state index contributed by atoms with van der Waals surface area (Å²) in [5, 5.41) is 0. The van der Waals surface area contributed by atoms with Gasteiger partial charge < -0.3 is 0 Å². The summed E-state index contributed by atoms with van der Waals surface area (Å²) in [5.74, 6) is 1.78. The van der Waals surface area contributed by atoms with Gasteiger partial charge in [-0.1, -0.05) is 55.6 Å². The maximum absolute atomic E-state index is 12.2. The molecule has 0 spiro atoms. The highest BCUT2D eigenvalue weighted by Crippen LogP contribution is 2.14. The molecule has 0 radical (unpaired) electrons. The van der Waals surface area contributed by atoms with Gasteiger partial charge in [0.2, 0.25) is 0 Å². The molecule has 0 saturated carbocycles. The Balaban J connectivity index is 2.92. The Morgan fingerprint density at radius 2 is 1.53 bits per heavy atom. The van der Waals surface area contributed by atoms with Crippen molar-refractivity contribution in [3.8, 4) is 0 Å². The first-order valence-electron chi connectivity index (χ1n) is 6.80. The topological polar surface area (TPSA) is 46.5 Å². The second-order valence-electron chi connectivity index (χ2n) is 4.44. The van der Waals surface area contributed by atoms with E-state index in [1.165, 1.54) is 0 Å². The zero-order chi connectivity index (χ0) is 14.1. The van der Waals surface area contributed by atoms with Crippen molar-refractivity contribution in [1.82, 2.24) is 0 Å². The number of rotatable bonds is 8. The van der Waals surface area contributed by atoms with E-state index in [-0.39, 0.29) is 10.7 Å². The minimum absolute atomic E-state index is 0.306. The van der Waals surface area contributed by atoms with Gasteiger partial charge >= 0.3 is 0 Å². The molecule has 0 unspecified atom stereocenters. The van der Waals surface area contributed by atoms with Gasteiger partial charge in [-0.15, -0.1) is 3.77 Å². The van der Waals surface area contributed by atoms with Crippen molar-refractivity contribution in [1.29, 1.82) is 0 Å². The lowest BCUT2D eigenvalue weighted by Crippen LogP contribution is -2.07. The Labute approximate surface area is 119 Å². The van der Waals surface area contributed by atoms with Crippen molar-refractivity contribution >= 4 is 20.7 Å². The molecule has 5 heteroatoms. The number of sulfonamides is 1. The third kappa shape index (κ3) is 5.87. The molecule has 0 N–H and O–H groups in total. The summed E-state index contributed by atoms with van der Waals surface area (Å²) in [4.78, 5) is 0.306. The summed E-state index contributed by atoms with van der Waals surface area (Å²) in [6.07, 6.45) is 4.24. The number of unbranched alkanes of at least 4 members (excludes halogenated alkanes) is 2. The van der Waals surface area contributed by atoms with Crippen LogP contribution < -0.4 is 0 Å². The van der Waals surface area contributed by atoms with E-state index in [1.54, 1.807) is 24.3 Å². The van der Waals surface area contributed by atoms with Gasteiger partial charge in [-0.05, 0) is 25.0 Å². The standard InChI is InChI=1S/C14H23NO2S2/c1-3-5-12-18(13-6-4-2)15-19(16,17)14-10-8-7-9-11-14/h7-11H,3-6,12-13H2,1-2H3. The quantitative estimate of drug-likeness (QED) is 0.733. The van der Waals surface area contributed by atoms with Crippen LogP contribution in [0.25, 0.3) is 0 Å². The molecular formula is C14H23NO2S2. The summed E-state index contributed by atoms with van der Waals surface area (Å²) in [6, 6.07) is 8.50. The second kappa shape index (κ2) is 8.48. The highest BCUT2D eigenvalue weighted by molar-refractivity contribution is 8.00. The lowest BCUT2D eigenvalue weighted by atomic mass is 10.4. The molecule has 0 saturated heterocycles. The van der Waals surface area contributed by atoms with Crippen LogP contribution in [0.2, 0.25) is 0 Å². The normalized spacial score (nSPS) is 11.7. The van der Waals surface area contributed by atoms with E-state index in [0.29, 0.717) is 4.90 Å². The van der Waals surface area contributed by atoms with Crippen LogP contribution in [0.5, 0.6) is 0 Å². The molecule has 0 fully saturated rings. The van der Waals surface area contributed by atoms with Crippen molar-refractivity contribution in [3.05, 3.63) is 30.3 Å². The van der Waals surface area contributed by atoms with E-state index >= 15 is 0 Å². The van der Waals surface area contributed by atoms with Crippen molar-refractivity contribution in [2.24, 2.45) is 3.77 Å². The molecular weight excluding hydrogens is 278 g/mol. The zero-order valence-electron chi connectivity index (χ0n) is 11.7. The smallest absolute Gasteiger partial charge is 0.199 e. The van der Waals surface area contributed by atoms with Gasteiger partial charge in [-0.25, -0.2) is 0 Å². The van der Waals surface area contributed by atoms with Gasteiger partial charge in [-0.3, -0.25) is 0 Å². The Bertz CT molecular complexity index is 485. The fourth-order valence-corrected chi connectivity index (χ4v) is 5.57. The molecule has 0 amide bonds. The van der Waals surface area contributed by atoms with Crippen molar-refractivity contribution < 1.29 is 8.42 Å². The Hall–Kier alpha value is -0.680. The van der Waals surface area contributed by atoms with Crippen LogP contribution in [-0.4, -0.2) is 19.9 Å². The molecule has 1 aromatic rings. The average Bonchev–Trinajstić information content (AvgIpc) is 2.42. The van der Waals surface area contributed by atoms with Crippen molar-refractivity contribution in [2.75, 3.05) is 11.5 Å². The summed E-state index contributed by atoms with van der Waals surface area (Å²) in [7, 11) is -3.84. The van der Waals surface area contributed by atoms with E-state index in [1.807, 2.05) is 6.07 Å². The molecule has 108 valence electrons.